The van der Waals surface area contributed by atoms with Crippen molar-refractivity contribution in [3.8, 4) is 0 Å². The average molecular weight is 271 g/mol. The Bertz CT molecular complexity index is 462. The summed E-state index contributed by atoms with van der Waals surface area (Å²) in [6.45, 7) is 4.80. The monoisotopic (exact) mass is 271 g/mol. The minimum Gasteiger partial charge on any atom is -0.748 e. The van der Waals surface area contributed by atoms with E-state index >= 15 is 0 Å². The molecule has 0 amide bonds. The second-order valence-corrected chi connectivity index (χ2v) is 6.51. The van der Waals surface area contributed by atoms with Crippen molar-refractivity contribution in [3.05, 3.63) is 42.0 Å². The molecular formula is C13H21NO3S. The van der Waals surface area contributed by atoms with Crippen LogP contribution < -0.4 is 0 Å². The molecule has 1 aromatic carbocycles. The zero-order valence-electron chi connectivity index (χ0n) is 11.4. The zero-order chi connectivity index (χ0) is 14.4. The van der Waals surface area contributed by atoms with E-state index in [9.17, 15) is 0 Å². The van der Waals surface area contributed by atoms with Crippen LogP contribution >= 0.6 is 0 Å². The molecule has 4 nitrogen and oxygen atoms in total. The summed E-state index contributed by atoms with van der Waals surface area (Å²) in [5, 5.41) is 0. The average Bonchev–Trinajstić information content (AvgIpc) is 2.14. The van der Waals surface area contributed by atoms with Crippen molar-refractivity contribution in [2.45, 2.75) is 6.54 Å². The van der Waals surface area contributed by atoms with Crippen LogP contribution in [0.4, 0.5) is 0 Å². The van der Waals surface area contributed by atoms with Gasteiger partial charge in [-0.25, -0.2) is 8.42 Å². The maximum absolute atomic E-state index is 9.08. The van der Waals surface area contributed by atoms with Crippen LogP contribution in [0.25, 0.3) is 6.08 Å². The van der Waals surface area contributed by atoms with Gasteiger partial charge < -0.3 is 9.04 Å². The highest BCUT2D eigenvalue weighted by molar-refractivity contribution is 7.84. The van der Waals surface area contributed by atoms with Gasteiger partial charge in [0.2, 0.25) is 0 Å². The van der Waals surface area contributed by atoms with E-state index in [0.717, 1.165) is 11.0 Å². The summed E-state index contributed by atoms with van der Waals surface area (Å²) in [6.07, 6.45) is 2.47. The number of nitrogens with zero attached hydrogens (tertiary/aromatic N) is 1. The lowest BCUT2D eigenvalue weighted by atomic mass is 10.1. The van der Waals surface area contributed by atoms with Gasteiger partial charge in [-0.1, -0.05) is 36.9 Å². The maximum Gasteiger partial charge on any atom is 0.104 e. The van der Waals surface area contributed by atoms with Gasteiger partial charge in [-0.3, -0.25) is 0 Å². The van der Waals surface area contributed by atoms with Crippen molar-refractivity contribution in [1.82, 2.24) is 0 Å². The first-order valence-corrected chi connectivity index (χ1v) is 7.25. The molecule has 102 valence electrons. The first-order valence-electron chi connectivity index (χ1n) is 5.44. The molecule has 0 saturated heterocycles. The molecule has 0 radical (unpaired) electrons. The fraction of sp³-hybridized carbons (Fsp3) is 0.385. The molecule has 1 rings (SSSR count). The standard InChI is InChI=1S/C12H18N.CH4O3S/c1-5-11-6-8-12(9-7-11)10-13(2,3)4;1-5(2,3)4/h5-9H,1,10H2,2-4H3;1H3,(H,2,3,4)/q+1;/p-1. The van der Waals surface area contributed by atoms with Crippen LogP contribution in [0.3, 0.4) is 0 Å². The molecule has 0 heterocycles. The summed E-state index contributed by atoms with van der Waals surface area (Å²) in [6, 6.07) is 8.55. The molecule has 0 atom stereocenters. The van der Waals surface area contributed by atoms with E-state index in [0.29, 0.717) is 6.26 Å². The van der Waals surface area contributed by atoms with Crippen molar-refractivity contribution in [3.63, 3.8) is 0 Å². The van der Waals surface area contributed by atoms with Gasteiger partial charge in [0.15, 0.2) is 0 Å². The Kier molecular flexibility index (Phi) is 6.25. The third kappa shape index (κ3) is 11.3. The number of rotatable bonds is 3. The van der Waals surface area contributed by atoms with Crippen molar-refractivity contribution in [2.24, 2.45) is 0 Å². The van der Waals surface area contributed by atoms with Crippen LogP contribution in [-0.2, 0) is 16.7 Å². The molecule has 0 spiro atoms. The van der Waals surface area contributed by atoms with Gasteiger partial charge in [-0.15, -0.1) is 0 Å². The Balaban J connectivity index is 0.000000494. The van der Waals surface area contributed by atoms with E-state index in [1.54, 1.807) is 0 Å². The Morgan fingerprint density at radius 3 is 1.89 bits per heavy atom. The quantitative estimate of drug-likeness (QED) is 0.621. The van der Waals surface area contributed by atoms with Crippen LogP contribution in [0, 0.1) is 0 Å². The molecule has 0 aliphatic rings. The Hall–Kier alpha value is -1.17. The summed E-state index contributed by atoms with van der Waals surface area (Å²) in [7, 11) is 2.67. The molecular weight excluding hydrogens is 250 g/mol. The second-order valence-electron chi connectivity index (χ2n) is 5.10. The SMILES string of the molecule is C=Cc1ccc(C[N+](C)(C)C)cc1.CS(=O)(=O)[O-]. The van der Waals surface area contributed by atoms with Gasteiger partial charge in [-0.2, -0.15) is 0 Å². The number of benzene rings is 1. The summed E-state index contributed by atoms with van der Waals surface area (Å²) in [4.78, 5) is 0. The van der Waals surface area contributed by atoms with Crippen molar-refractivity contribution < 1.29 is 17.5 Å². The van der Waals surface area contributed by atoms with Gasteiger partial charge >= 0.3 is 0 Å². The summed E-state index contributed by atoms with van der Waals surface area (Å²) in [5.74, 6) is 0. The Labute approximate surface area is 110 Å². The number of hydrogen-bond acceptors (Lipinski definition) is 3. The smallest absolute Gasteiger partial charge is 0.104 e. The molecule has 0 aliphatic heterocycles. The first-order chi connectivity index (χ1) is 8.01. The maximum atomic E-state index is 9.08. The molecule has 0 aliphatic carbocycles. The topological polar surface area (TPSA) is 57.2 Å². The van der Waals surface area contributed by atoms with Crippen LogP contribution in [0.15, 0.2) is 30.8 Å². The second kappa shape index (κ2) is 6.68. The highest BCUT2D eigenvalue weighted by Crippen LogP contribution is 2.09. The van der Waals surface area contributed by atoms with Crippen LogP contribution in [0.5, 0.6) is 0 Å². The van der Waals surface area contributed by atoms with Gasteiger partial charge in [0.05, 0.1) is 31.3 Å². The van der Waals surface area contributed by atoms with E-state index in [4.69, 9.17) is 13.0 Å². The number of quaternary nitrogens is 1. The predicted octanol–water partition coefficient (Wildman–Crippen LogP) is 1.70. The summed E-state index contributed by atoms with van der Waals surface area (Å²) in [5.41, 5.74) is 2.56. The van der Waals surface area contributed by atoms with Crippen molar-refractivity contribution in [2.75, 3.05) is 27.4 Å². The van der Waals surface area contributed by atoms with E-state index in [2.05, 4.69) is 52.0 Å². The van der Waals surface area contributed by atoms with E-state index in [-0.39, 0.29) is 0 Å². The molecule has 0 saturated carbocycles. The lowest BCUT2D eigenvalue weighted by molar-refractivity contribution is -0.884. The van der Waals surface area contributed by atoms with Gasteiger partial charge in [0.25, 0.3) is 0 Å². The summed E-state index contributed by atoms with van der Waals surface area (Å²) < 4.78 is 28.2. The minimum atomic E-state index is -3.92. The minimum absolute atomic E-state index is 0.604. The van der Waals surface area contributed by atoms with Gasteiger partial charge in [0, 0.05) is 11.8 Å². The lowest BCUT2D eigenvalue weighted by Crippen LogP contribution is -2.33. The molecule has 1 aromatic rings. The molecule has 0 unspecified atom stereocenters. The van der Waals surface area contributed by atoms with Gasteiger partial charge in [0.1, 0.15) is 6.54 Å². The van der Waals surface area contributed by atoms with E-state index in [1.165, 1.54) is 11.1 Å². The van der Waals surface area contributed by atoms with Crippen LogP contribution in [0.1, 0.15) is 11.1 Å². The normalized spacial score (nSPS) is 11.4. The highest BCUT2D eigenvalue weighted by atomic mass is 32.2. The number of hydrogen-bond donors (Lipinski definition) is 0. The largest absolute Gasteiger partial charge is 0.748 e. The van der Waals surface area contributed by atoms with Crippen molar-refractivity contribution >= 4 is 16.2 Å². The fourth-order valence-electron chi connectivity index (χ4n) is 1.31. The third-order valence-electron chi connectivity index (χ3n) is 1.87. The summed E-state index contributed by atoms with van der Waals surface area (Å²) >= 11 is 0. The molecule has 5 heteroatoms. The van der Waals surface area contributed by atoms with E-state index < -0.39 is 10.1 Å². The molecule has 18 heavy (non-hydrogen) atoms. The Morgan fingerprint density at radius 1 is 1.22 bits per heavy atom. The van der Waals surface area contributed by atoms with Crippen molar-refractivity contribution in [1.29, 1.82) is 0 Å². The molecule has 0 bridgehead atoms. The molecule has 0 N–H and O–H groups in total. The molecule has 0 aromatic heterocycles. The lowest BCUT2D eigenvalue weighted by Gasteiger charge is -2.23. The zero-order valence-corrected chi connectivity index (χ0v) is 12.2. The third-order valence-corrected chi connectivity index (χ3v) is 1.87. The Morgan fingerprint density at radius 2 is 1.61 bits per heavy atom. The van der Waals surface area contributed by atoms with E-state index in [1.807, 2.05) is 6.08 Å². The van der Waals surface area contributed by atoms with Gasteiger partial charge in [-0.05, 0) is 5.56 Å². The predicted molar refractivity (Wildman–Crippen MR) is 73.9 cm³/mol. The van der Waals surface area contributed by atoms with Crippen LogP contribution in [-0.4, -0.2) is 44.9 Å². The molecule has 0 fully saturated rings. The highest BCUT2D eigenvalue weighted by Gasteiger charge is 2.07. The van der Waals surface area contributed by atoms with Crippen LogP contribution in [0.2, 0.25) is 0 Å². The fourth-order valence-corrected chi connectivity index (χ4v) is 1.31. The first kappa shape index (κ1) is 16.8.